The van der Waals surface area contributed by atoms with Gasteiger partial charge in [-0.05, 0) is 31.5 Å². The third-order valence-electron chi connectivity index (χ3n) is 2.79. The zero-order valence-electron chi connectivity index (χ0n) is 12.9. The van der Waals surface area contributed by atoms with Crippen LogP contribution in [0.2, 0.25) is 0 Å². The lowest BCUT2D eigenvalue weighted by atomic mass is 10.1. The molecule has 7 heteroatoms. The van der Waals surface area contributed by atoms with Crippen molar-refractivity contribution >= 4 is 13.5 Å². The fourth-order valence-corrected chi connectivity index (χ4v) is 3.46. The number of hydrogen-bond donors (Lipinski definition) is 0. The molecular formula is C14H22NO5P. The molecule has 0 N–H and O–H groups in total. The Balaban J connectivity index is 2.82. The second-order valence-electron chi connectivity index (χ2n) is 4.29. The Hall–Kier alpha value is -1.20. The van der Waals surface area contributed by atoms with E-state index in [4.69, 9.17) is 13.9 Å². The third-order valence-corrected chi connectivity index (χ3v) is 4.84. The van der Waals surface area contributed by atoms with Gasteiger partial charge < -0.3 is 9.05 Å². The van der Waals surface area contributed by atoms with Crippen molar-refractivity contribution in [2.75, 3.05) is 27.4 Å². The maximum Gasteiger partial charge on any atom is 0.335 e. The first kappa shape index (κ1) is 17.9. The Labute approximate surface area is 125 Å². The zero-order chi connectivity index (χ0) is 15.9. The molecule has 0 aliphatic heterocycles. The number of benzene rings is 1. The summed E-state index contributed by atoms with van der Waals surface area (Å²) in [4.78, 5) is 16.7. The Bertz CT molecular complexity index is 493. The van der Waals surface area contributed by atoms with Crippen LogP contribution in [-0.2, 0) is 24.6 Å². The van der Waals surface area contributed by atoms with E-state index in [1.54, 1.807) is 38.1 Å². The molecule has 6 nitrogen and oxygen atoms in total. The van der Waals surface area contributed by atoms with Gasteiger partial charge in [0.25, 0.3) is 5.91 Å². The number of nitrogens with zero attached hydrogens (tertiary/aromatic N) is 1. The number of rotatable bonds is 8. The van der Waals surface area contributed by atoms with Gasteiger partial charge in [0.15, 0.2) is 0 Å². The molecule has 0 aromatic heterocycles. The van der Waals surface area contributed by atoms with E-state index < -0.39 is 7.60 Å². The molecule has 0 bridgehead atoms. The molecule has 0 heterocycles. The number of hydroxylamine groups is 2. The van der Waals surface area contributed by atoms with Crippen LogP contribution in [0.15, 0.2) is 24.3 Å². The second kappa shape index (κ2) is 8.29. The van der Waals surface area contributed by atoms with Crippen molar-refractivity contribution < 1.29 is 23.2 Å². The number of hydrogen-bond acceptors (Lipinski definition) is 5. The molecule has 0 atom stereocenters. The van der Waals surface area contributed by atoms with Crippen LogP contribution >= 0.6 is 7.60 Å². The predicted octanol–water partition coefficient (Wildman–Crippen LogP) is 3.09. The van der Waals surface area contributed by atoms with Gasteiger partial charge in [-0.25, -0.2) is 5.06 Å². The third kappa shape index (κ3) is 5.25. The van der Waals surface area contributed by atoms with Crippen molar-refractivity contribution in [2.45, 2.75) is 20.0 Å². The number of amides is 1. The van der Waals surface area contributed by atoms with E-state index in [2.05, 4.69) is 0 Å². The Morgan fingerprint density at radius 1 is 1.14 bits per heavy atom. The fraction of sp³-hybridized carbons (Fsp3) is 0.500. The van der Waals surface area contributed by atoms with E-state index >= 15 is 0 Å². The summed E-state index contributed by atoms with van der Waals surface area (Å²) in [5.41, 5.74) is 1.28. The average Bonchev–Trinajstić information content (AvgIpc) is 2.46. The Kier molecular flexibility index (Phi) is 7.05. The van der Waals surface area contributed by atoms with Crippen molar-refractivity contribution in [2.24, 2.45) is 0 Å². The fourth-order valence-electron chi connectivity index (χ4n) is 1.76. The predicted molar refractivity (Wildman–Crippen MR) is 80.1 cm³/mol. The molecule has 0 unspecified atom stereocenters. The summed E-state index contributed by atoms with van der Waals surface area (Å²) in [7, 11) is -0.165. The monoisotopic (exact) mass is 315 g/mol. The van der Waals surface area contributed by atoms with E-state index in [-0.39, 0.29) is 12.1 Å². The largest absolute Gasteiger partial charge is 0.335 e. The van der Waals surface area contributed by atoms with Gasteiger partial charge >= 0.3 is 7.60 Å². The van der Waals surface area contributed by atoms with Crippen LogP contribution in [0.4, 0.5) is 0 Å². The molecule has 0 saturated heterocycles. The van der Waals surface area contributed by atoms with Crippen molar-refractivity contribution in [3.05, 3.63) is 35.4 Å². The van der Waals surface area contributed by atoms with Crippen molar-refractivity contribution in [1.29, 1.82) is 0 Å². The molecule has 0 radical (unpaired) electrons. The molecule has 1 aromatic rings. The molecule has 1 aromatic carbocycles. The Morgan fingerprint density at radius 3 is 2.10 bits per heavy atom. The summed E-state index contributed by atoms with van der Waals surface area (Å²) >= 11 is 0. The highest BCUT2D eigenvalue weighted by atomic mass is 31.2. The molecule has 0 saturated carbocycles. The van der Waals surface area contributed by atoms with Gasteiger partial charge in [0.1, 0.15) is 0 Å². The molecule has 118 valence electrons. The van der Waals surface area contributed by atoms with Crippen molar-refractivity contribution in [3.8, 4) is 0 Å². The highest BCUT2D eigenvalue weighted by Gasteiger charge is 2.24. The topological polar surface area (TPSA) is 65.1 Å². The normalized spacial score (nSPS) is 11.4. The molecule has 0 aliphatic carbocycles. The Morgan fingerprint density at radius 2 is 1.67 bits per heavy atom. The second-order valence-corrected chi connectivity index (χ2v) is 6.34. The molecule has 0 fully saturated rings. The lowest BCUT2D eigenvalue weighted by molar-refractivity contribution is -0.0756. The minimum Gasteiger partial charge on any atom is -0.309 e. The van der Waals surface area contributed by atoms with E-state index in [1.165, 1.54) is 14.2 Å². The molecule has 0 aliphatic rings. The maximum absolute atomic E-state index is 12.4. The van der Waals surface area contributed by atoms with Crippen LogP contribution in [-0.4, -0.2) is 38.3 Å². The highest BCUT2D eigenvalue weighted by Crippen LogP contribution is 2.51. The van der Waals surface area contributed by atoms with Gasteiger partial charge in [0, 0.05) is 12.6 Å². The number of carbonyl (C=O) groups excluding carboxylic acids is 1. The number of carbonyl (C=O) groups is 1. The zero-order valence-corrected chi connectivity index (χ0v) is 13.8. The first-order chi connectivity index (χ1) is 9.95. The summed E-state index contributed by atoms with van der Waals surface area (Å²) in [5, 5.41) is 1.14. The van der Waals surface area contributed by atoms with Gasteiger partial charge in [-0.2, -0.15) is 0 Å². The lowest BCUT2D eigenvalue weighted by Crippen LogP contribution is -2.25. The molecule has 1 rings (SSSR count). The average molecular weight is 315 g/mol. The minimum atomic E-state index is -3.12. The van der Waals surface area contributed by atoms with E-state index in [0.717, 1.165) is 10.6 Å². The van der Waals surface area contributed by atoms with Crippen LogP contribution in [0.25, 0.3) is 0 Å². The summed E-state index contributed by atoms with van der Waals surface area (Å²) in [6, 6.07) is 6.80. The lowest BCUT2D eigenvalue weighted by Gasteiger charge is -2.17. The molecule has 1 amide bonds. The standard InChI is InChI=1S/C14H22NO5P/c1-5-19-21(17,20-6-2)11-12-7-9-13(10-8-12)14(16)15(3)18-4/h7-10H,5-6,11H2,1-4H3. The highest BCUT2D eigenvalue weighted by molar-refractivity contribution is 7.53. The van der Waals surface area contributed by atoms with Gasteiger partial charge in [-0.3, -0.25) is 14.2 Å². The van der Waals surface area contributed by atoms with Crippen molar-refractivity contribution in [1.82, 2.24) is 5.06 Å². The van der Waals surface area contributed by atoms with Gasteiger partial charge in [0.05, 0.1) is 26.5 Å². The molecule has 0 spiro atoms. The SMILES string of the molecule is CCOP(=O)(Cc1ccc(C(=O)N(C)OC)cc1)OCC. The first-order valence-electron chi connectivity index (χ1n) is 6.75. The van der Waals surface area contributed by atoms with E-state index in [9.17, 15) is 9.36 Å². The van der Waals surface area contributed by atoms with Crippen LogP contribution in [0.5, 0.6) is 0 Å². The smallest absolute Gasteiger partial charge is 0.309 e. The van der Waals surface area contributed by atoms with Gasteiger partial charge in [0.2, 0.25) is 0 Å². The molecular weight excluding hydrogens is 293 g/mol. The van der Waals surface area contributed by atoms with Crippen LogP contribution < -0.4 is 0 Å². The van der Waals surface area contributed by atoms with Crippen LogP contribution in [0.1, 0.15) is 29.8 Å². The molecule has 21 heavy (non-hydrogen) atoms. The van der Waals surface area contributed by atoms with Crippen molar-refractivity contribution in [3.63, 3.8) is 0 Å². The summed E-state index contributed by atoms with van der Waals surface area (Å²) < 4.78 is 22.9. The van der Waals surface area contributed by atoms with Gasteiger partial charge in [-0.1, -0.05) is 12.1 Å². The summed E-state index contributed by atoms with van der Waals surface area (Å²) in [6.45, 7) is 4.20. The summed E-state index contributed by atoms with van der Waals surface area (Å²) in [6.07, 6.45) is 0.184. The van der Waals surface area contributed by atoms with Crippen LogP contribution in [0.3, 0.4) is 0 Å². The minimum absolute atomic E-state index is 0.184. The van der Waals surface area contributed by atoms with E-state index in [1.807, 2.05) is 0 Å². The van der Waals surface area contributed by atoms with Crippen LogP contribution in [0, 0.1) is 0 Å². The quantitative estimate of drug-likeness (QED) is 0.545. The van der Waals surface area contributed by atoms with Gasteiger partial charge in [-0.15, -0.1) is 0 Å². The first-order valence-corrected chi connectivity index (χ1v) is 8.47. The maximum atomic E-state index is 12.4. The summed E-state index contributed by atoms with van der Waals surface area (Å²) in [5.74, 6) is -0.248. The van der Waals surface area contributed by atoms with E-state index in [0.29, 0.717) is 18.8 Å².